The molecule has 0 saturated carbocycles. The molecule has 0 bridgehead atoms. The fraction of sp³-hybridized carbons (Fsp3) is 0.409. The molecular weight excluding hydrogens is 441 g/mol. The van der Waals surface area contributed by atoms with Crippen LogP contribution in [0.15, 0.2) is 29.5 Å². The number of carbonyl (C=O) groups excluding carboxylic acids is 2. The number of ketones is 1. The number of benzene rings is 1. The largest absolute Gasteiger partial charge is 0.503 e. The molecule has 0 saturated heterocycles. The first-order chi connectivity index (χ1) is 14.7. The van der Waals surface area contributed by atoms with E-state index in [4.69, 9.17) is 11.6 Å². The van der Waals surface area contributed by atoms with Gasteiger partial charge in [-0.15, -0.1) is 11.3 Å². The quantitative estimate of drug-likeness (QED) is 0.582. The van der Waals surface area contributed by atoms with E-state index in [1.807, 2.05) is 13.8 Å². The predicted octanol–water partition coefficient (Wildman–Crippen LogP) is 4.47. The summed E-state index contributed by atoms with van der Waals surface area (Å²) in [6.45, 7) is 9.72. The first kappa shape index (κ1) is 23.4. The summed E-state index contributed by atoms with van der Waals surface area (Å²) in [6, 6.07) is 3.08. The summed E-state index contributed by atoms with van der Waals surface area (Å²) < 4.78 is 14.9. The Balaban J connectivity index is 2.12. The van der Waals surface area contributed by atoms with Crippen molar-refractivity contribution in [3.05, 3.63) is 61.5 Å². The highest BCUT2D eigenvalue weighted by Gasteiger charge is 2.46. The molecule has 9 heteroatoms. The van der Waals surface area contributed by atoms with E-state index < -0.39 is 29.3 Å². The van der Waals surface area contributed by atoms with Gasteiger partial charge in [0.2, 0.25) is 5.78 Å². The van der Waals surface area contributed by atoms with Crippen molar-refractivity contribution < 1.29 is 19.1 Å². The third-order valence-electron chi connectivity index (χ3n) is 5.48. The van der Waals surface area contributed by atoms with E-state index in [2.05, 4.69) is 9.88 Å². The molecule has 1 aromatic carbocycles. The Kier molecular flexibility index (Phi) is 7.13. The van der Waals surface area contributed by atoms with E-state index in [0.717, 1.165) is 13.1 Å². The van der Waals surface area contributed by atoms with E-state index in [0.29, 0.717) is 22.1 Å². The lowest BCUT2D eigenvalue weighted by Crippen LogP contribution is -2.39. The van der Waals surface area contributed by atoms with Crippen LogP contribution in [0, 0.1) is 19.7 Å². The van der Waals surface area contributed by atoms with Gasteiger partial charge in [0.1, 0.15) is 5.82 Å². The fourth-order valence-electron chi connectivity index (χ4n) is 3.84. The van der Waals surface area contributed by atoms with Crippen LogP contribution in [-0.2, 0) is 4.79 Å². The van der Waals surface area contributed by atoms with Crippen molar-refractivity contribution in [1.29, 1.82) is 0 Å². The molecule has 1 aromatic heterocycles. The van der Waals surface area contributed by atoms with E-state index in [1.54, 1.807) is 13.8 Å². The molecule has 1 amide bonds. The highest BCUT2D eigenvalue weighted by molar-refractivity contribution is 7.14. The van der Waals surface area contributed by atoms with Crippen LogP contribution in [0.4, 0.5) is 4.39 Å². The van der Waals surface area contributed by atoms with Crippen LogP contribution in [0.1, 0.15) is 45.8 Å². The van der Waals surface area contributed by atoms with Crippen LogP contribution in [-0.4, -0.2) is 57.8 Å². The lowest BCUT2D eigenvalue weighted by molar-refractivity contribution is -0.129. The van der Waals surface area contributed by atoms with Crippen LogP contribution < -0.4 is 0 Å². The van der Waals surface area contributed by atoms with Crippen molar-refractivity contribution in [2.24, 2.45) is 0 Å². The minimum absolute atomic E-state index is 0.00311. The SMILES string of the molecule is CCN(CC)CCN1C(=O)C(O)=C(C(=O)c2sc(C)nc2C)C1c1c(F)cccc1Cl. The number of rotatable bonds is 8. The molecule has 1 unspecified atom stereocenters. The number of aryl methyl sites for hydroxylation is 2. The Morgan fingerprint density at radius 1 is 1.32 bits per heavy atom. The molecule has 1 aliphatic rings. The van der Waals surface area contributed by atoms with Gasteiger partial charge in [0.05, 0.1) is 27.2 Å². The van der Waals surface area contributed by atoms with E-state index >= 15 is 0 Å². The molecule has 2 heterocycles. The average Bonchev–Trinajstić information content (AvgIpc) is 3.19. The van der Waals surface area contributed by atoms with Crippen molar-refractivity contribution in [2.45, 2.75) is 33.7 Å². The van der Waals surface area contributed by atoms with Crippen LogP contribution in [0.2, 0.25) is 5.02 Å². The number of aliphatic hydroxyl groups excluding tert-OH is 1. The molecule has 0 aliphatic carbocycles. The van der Waals surface area contributed by atoms with Gasteiger partial charge in [-0.25, -0.2) is 9.37 Å². The number of aliphatic hydroxyl groups is 1. The number of thiazole rings is 1. The molecule has 1 aliphatic heterocycles. The normalized spacial score (nSPS) is 16.7. The van der Waals surface area contributed by atoms with Crippen LogP contribution >= 0.6 is 22.9 Å². The van der Waals surface area contributed by atoms with Gasteiger partial charge < -0.3 is 14.9 Å². The zero-order valence-electron chi connectivity index (χ0n) is 17.9. The molecule has 166 valence electrons. The summed E-state index contributed by atoms with van der Waals surface area (Å²) in [5, 5.41) is 11.5. The number of hydrogen-bond acceptors (Lipinski definition) is 6. The summed E-state index contributed by atoms with van der Waals surface area (Å²) >= 11 is 7.50. The predicted molar refractivity (Wildman–Crippen MR) is 119 cm³/mol. The standard InChI is InChI=1S/C22H25ClFN3O3S/c1-5-26(6-2)10-11-27-18(16-14(23)8-7-9-15(16)24)17(20(29)22(27)30)19(28)21-12(3)25-13(4)31-21/h7-9,18,29H,5-6,10-11H2,1-4H3. The van der Waals surface area contributed by atoms with Crippen LogP contribution in [0.5, 0.6) is 0 Å². The zero-order valence-corrected chi connectivity index (χ0v) is 19.5. The summed E-state index contributed by atoms with van der Waals surface area (Å²) in [4.78, 5) is 34.5. The zero-order chi connectivity index (χ0) is 22.9. The monoisotopic (exact) mass is 465 g/mol. The molecule has 0 radical (unpaired) electrons. The fourth-order valence-corrected chi connectivity index (χ4v) is 4.98. The molecule has 6 nitrogen and oxygen atoms in total. The van der Waals surface area contributed by atoms with Crippen molar-refractivity contribution in [2.75, 3.05) is 26.2 Å². The lowest BCUT2D eigenvalue weighted by Gasteiger charge is -2.30. The lowest BCUT2D eigenvalue weighted by atomic mass is 9.94. The Hall–Kier alpha value is -2.29. The number of halogens is 2. The van der Waals surface area contributed by atoms with Gasteiger partial charge in [0.25, 0.3) is 5.91 Å². The van der Waals surface area contributed by atoms with Gasteiger partial charge in [-0.2, -0.15) is 0 Å². The van der Waals surface area contributed by atoms with Crippen molar-refractivity contribution in [3.8, 4) is 0 Å². The second-order valence-electron chi connectivity index (χ2n) is 7.30. The summed E-state index contributed by atoms with van der Waals surface area (Å²) in [7, 11) is 0. The van der Waals surface area contributed by atoms with Crippen LogP contribution in [0.3, 0.4) is 0 Å². The average molecular weight is 466 g/mol. The number of amides is 1. The number of carbonyl (C=O) groups is 2. The maximum atomic E-state index is 14.9. The Labute approximate surface area is 190 Å². The van der Waals surface area contributed by atoms with Gasteiger partial charge in [0.15, 0.2) is 5.76 Å². The molecule has 3 rings (SSSR count). The molecule has 0 fully saturated rings. The van der Waals surface area contributed by atoms with Crippen molar-refractivity contribution >= 4 is 34.6 Å². The Morgan fingerprint density at radius 3 is 2.55 bits per heavy atom. The van der Waals surface area contributed by atoms with Crippen molar-refractivity contribution in [3.63, 3.8) is 0 Å². The third-order valence-corrected chi connectivity index (χ3v) is 6.88. The Morgan fingerprint density at radius 2 is 2.00 bits per heavy atom. The van der Waals surface area contributed by atoms with Gasteiger partial charge in [-0.3, -0.25) is 9.59 Å². The highest BCUT2D eigenvalue weighted by Crippen LogP contribution is 2.43. The number of nitrogens with zero attached hydrogens (tertiary/aromatic N) is 3. The second-order valence-corrected chi connectivity index (χ2v) is 8.91. The first-order valence-electron chi connectivity index (χ1n) is 10.1. The smallest absolute Gasteiger partial charge is 0.290 e. The molecular formula is C22H25ClFN3O3S. The van der Waals surface area contributed by atoms with Crippen molar-refractivity contribution in [1.82, 2.24) is 14.8 Å². The highest BCUT2D eigenvalue weighted by atomic mass is 35.5. The first-order valence-corrected chi connectivity index (χ1v) is 11.3. The maximum Gasteiger partial charge on any atom is 0.290 e. The topological polar surface area (TPSA) is 73.7 Å². The number of aromatic nitrogens is 1. The maximum absolute atomic E-state index is 14.9. The number of hydrogen-bond donors (Lipinski definition) is 1. The molecule has 2 aromatic rings. The van der Waals surface area contributed by atoms with E-state index in [-0.39, 0.29) is 22.7 Å². The minimum atomic E-state index is -1.12. The van der Waals surface area contributed by atoms with Crippen LogP contribution in [0.25, 0.3) is 0 Å². The second kappa shape index (κ2) is 9.46. The third kappa shape index (κ3) is 4.37. The van der Waals surface area contributed by atoms with Gasteiger partial charge >= 0.3 is 0 Å². The van der Waals surface area contributed by atoms with Gasteiger partial charge in [-0.1, -0.05) is 31.5 Å². The minimum Gasteiger partial charge on any atom is -0.503 e. The summed E-state index contributed by atoms with van der Waals surface area (Å²) in [5.74, 6) is -2.56. The Bertz CT molecular complexity index is 1030. The van der Waals surface area contributed by atoms with E-state index in [1.165, 1.54) is 34.4 Å². The molecule has 31 heavy (non-hydrogen) atoms. The molecule has 1 atom stereocenters. The summed E-state index contributed by atoms with van der Waals surface area (Å²) in [5.41, 5.74) is 0.340. The van der Waals surface area contributed by atoms with Gasteiger partial charge in [-0.05, 0) is 39.1 Å². The number of likely N-dealkylation sites (N-methyl/N-ethyl adjacent to an activating group) is 1. The van der Waals surface area contributed by atoms with E-state index in [9.17, 15) is 19.1 Å². The summed E-state index contributed by atoms with van der Waals surface area (Å²) in [6.07, 6.45) is 0. The van der Waals surface area contributed by atoms with Gasteiger partial charge in [0, 0.05) is 23.7 Å². The molecule has 1 N–H and O–H groups in total. The number of Topliss-reactive ketones (excluding diaryl/α,β-unsaturated/α-hetero) is 1. The molecule has 0 spiro atoms.